The normalized spacial score (nSPS) is 28.6. The van der Waals surface area contributed by atoms with Gasteiger partial charge in [0.2, 0.25) is 0 Å². The van der Waals surface area contributed by atoms with E-state index >= 15 is 0 Å². The van der Waals surface area contributed by atoms with Gasteiger partial charge in [-0.2, -0.15) is 0 Å². The van der Waals surface area contributed by atoms with Gasteiger partial charge in [-0.15, -0.1) is 0 Å². The number of ether oxygens (including phenoxy) is 1. The molecule has 0 radical (unpaired) electrons. The molecule has 0 amide bonds. The highest BCUT2D eigenvalue weighted by molar-refractivity contribution is 5.40. The lowest BCUT2D eigenvalue weighted by Gasteiger charge is -2.18. The lowest BCUT2D eigenvalue weighted by molar-refractivity contribution is 0.180. The van der Waals surface area contributed by atoms with Gasteiger partial charge in [0.15, 0.2) is 0 Å². The molecule has 1 heterocycles. The summed E-state index contributed by atoms with van der Waals surface area (Å²) in [5.74, 6) is 1.04. The molecule has 0 bridgehead atoms. The average molecular weight is 232 g/mol. The van der Waals surface area contributed by atoms with Crippen LogP contribution in [0.2, 0.25) is 0 Å². The van der Waals surface area contributed by atoms with Crippen LogP contribution in [0.3, 0.4) is 0 Å². The van der Waals surface area contributed by atoms with Crippen LogP contribution in [0.1, 0.15) is 31.4 Å². The molecule has 3 rings (SSSR count). The van der Waals surface area contributed by atoms with Crippen LogP contribution in [-0.4, -0.2) is 18.3 Å². The molecule has 1 atom stereocenters. The lowest BCUT2D eigenvalue weighted by atomic mass is 9.89. The number of fused-ring (bicyclic) bond motifs is 1. The Hall–Kier alpha value is -1.02. The standard InChI is InChI=1S/C15H20O2/c1-14(2)9-15(14,10-16)8-11-3-4-13-12(7-11)5-6-17-13/h3-4,7,16H,5-6,8-10H2,1-2H3. The van der Waals surface area contributed by atoms with Gasteiger partial charge in [-0.25, -0.2) is 0 Å². The Morgan fingerprint density at radius 1 is 1.35 bits per heavy atom. The highest BCUT2D eigenvalue weighted by atomic mass is 16.5. The van der Waals surface area contributed by atoms with Crippen LogP contribution in [0.4, 0.5) is 0 Å². The topological polar surface area (TPSA) is 29.5 Å². The minimum atomic E-state index is 0.112. The fourth-order valence-electron chi connectivity index (χ4n) is 3.17. The van der Waals surface area contributed by atoms with Crippen molar-refractivity contribution in [2.45, 2.75) is 33.1 Å². The zero-order valence-electron chi connectivity index (χ0n) is 10.6. The van der Waals surface area contributed by atoms with Crippen LogP contribution in [0.25, 0.3) is 0 Å². The largest absolute Gasteiger partial charge is 0.493 e. The van der Waals surface area contributed by atoms with Gasteiger partial charge in [0.25, 0.3) is 0 Å². The molecule has 0 aromatic heterocycles. The molecule has 17 heavy (non-hydrogen) atoms. The summed E-state index contributed by atoms with van der Waals surface area (Å²) in [4.78, 5) is 0. The molecule has 1 saturated carbocycles. The summed E-state index contributed by atoms with van der Waals surface area (Å²) in [5, 5.41) is 9.62. The van der Waals surface area contributed by atoms with E-state index < -0.39 is 0 Å². The molecular weight excluding hydrogens is 212 g/mol. The van der Waals surface area contributed by atoms with Crippen molar-refractivity contribution in [3.63, 3.8) is 0 Å². The van der Waals surface area contributed by atoms with Gasteiger partial charge < -0.3 is 9.84 Å². The van der Waals surface area contributed by atoms with Crippen molar-refractivity contribution in [1.29, 1.82) is 0 Å². The molecule has 1 N–H and O–H groups in total. The molecular formula is C15H20O2. The molecule has 1 aliphatic carbocycles. The second kappa shape index (κ2) is 3.49. The van der Waals surface area contributed by atoms with Crippen LogP contribution < -0.4 is 4.74 Å². The summed E-state index contributed by atoms with van der Waals surface area (Å²) in [6.45, 7) is 5.61. The predicted octanol–water partition coefficient (Wildman–Crippen LogP) is 2.57. The van der Waals surface area contributed by atoms with Crippen molar-refractivity contribution < 1.29 is 9.84 Å². The van der Waals surface area contributed by atoms with E-state index in [-0.39, 0.29) is 10.8 Å². The maximum Gasteiger partial charge on any atom is 0.122 e. The van der Waals surface area contributed by atoms with Crippen molar-refractivity contribution in [3.05, 3.63) is 29.3 Å². The van der Waals surface area contributed by atoms with Gasteiger partial charge in [-0.3, -0.25) is 0 Å². The van der Waals surface area contributed by atoms with Crippen molar-refractivity contribution in [2.75, 3.05) is 13.2 Å². The van der Waals surface area contributed by atoms with E-state index in [4.69, 9.17) is 4.74 Å². The van der Waals surface area contributed by atoms with Crippen LogP contribution in [0, 0.1) is 10.8 Å². The third-order valence-corrected chi connectivity index (χ3v) is 4.69. The molecule has 1 unspecified atom stereocenters. The van der Waals surface area contributed by atoms with E-state index in [1.54, 1.807) is 0 Å². The third-order valence-electron chi connectivity index (χ3n) is 4.69. The smallest absolute Gasteiger partial charge is 0.122 e. The summed E-state index contributed by atoms with van der Waals surface area (Å²) >= 11 is 0. The fourth-order valence-corrected chi connectivity index (χ4v) is 3.17. The molecule has 92 valence electrons. The minimum Gasteiger partial charge on any atom is -0.493 e. The van der Waals surface area contributed by atoms with E-state index in [1.165, 1.54) is 11.1 Å². The molecule has 0 spiro atoms. The first-order valence-corrected chi connectivity index (χ1v) is 6.42. The Bertz CT molecular complexity index is 450. The third kappa shape index (κ3) is 1.66. The fraction of sp³-hybridized carbons (Fsp3) is 0.600. The monoisotopic (exact) mass is 232 g/mol. The molecule has 0 saturated heterocycles. The van der Waals surface area contributed by atoms with E-state index in [1.807, 2.05) is 0 Å². The molecule has 2 heteroatoms. The summed E-state index contributed by atoms with van der Waals surface area (Å²) in [6.07, 6.45) is 3.15. The first-order chi connectivity index (χ1) is 8.06. The second-order valence-corrected chi connectivity index (χ2v) is 6.22. The van der Waals surface area contributed by atoms with Gasteiger partial charge in [0.05, 0.1) is 6.61 Å². The van der Waals surface area contributed by atoms with E-state index in [0.29, 0.717) is 6.61 Å². The number of rotatable bonds is 3. The van der Waals surface area contributed by atoms with Gasteiger partial charge >= 0.3 is 0 Å². The first kappa shape index (κ1) is 11.1. The van der Waals surface area contributed by atoms with Gasteiger partial charge in [-0.05, 0) is 35.4 Å². The van der Waals surface area contributed by atoms with Crippen LogP contribution in [0.15, 0.2) is 18.2 Å². The van der Waals surface area contributed by atoms with Gasteiger partial charge in [0.1, 0.15) is 5.75 Å². The molecule has 2 nitrogen and oxygen atoms in total. The SMILES string of the molecule is CC1(C)CC1(CO)Cc1ccc2c(c1)CCO2. The molecule has 2 aliphatic rings. The summed E-state index contributed by atoms with van der Waals surface area (Å²) < 4.78 is 5.52. The Kier molecular flexibility index (Phi) is 2.27. The highest BCUT2D eigenvalue weighted by Gasteiger charge is 2.60. The van der Waals surface area contributed by atoms with E-state index in [2.05, 4.69) is 32.0 Å². The number of hydrogen-bond acceptors (Lipinski definition) is 2. The minimum absolute atomic E-state index is 0.112. The Labute approximate surface area is 103 Å². The summed E-state index contributed by atoms with van der Waals surface area (Å²) in [6, 6.07) is 6.49. The average Bonchev–Trinajstić information content (AvgIpc) is 2.66. The lowest BCUT2D eigenvalue weighted by Crippen LogP contribution is -2.17. The Balaban J connectivity index is 1.82. The van der Waals surface area contributed by atoms with E-state index in [0.717, 1.165) is 31.6 Å². The quantitative estimate of drug-likeness (QED) is 0.868. The van der Waals surface area contributed by atoms with Crippen molar-refractivity contribution >= 4 is 0 Å². The molecule has 1 aliphatic heterocycles. The number of benzene rings is 1. The number of aliphatic hydroxyl groups is 1. The number of aliphatic hydroxyl groups excluding tert-OH is 1. The molecule has 1 aromatic rings. The van der Waals surface area contributed by atoms with Crippen LogP contribution >= 0.6 is 0 Å². The van der Waals surface area contributed by atoms with Gasteiger partial charge in [-0.1, -0.05) is 26.0 Å². The van der Waals surface area contributed by atoms with Crippen LogP contribution in [-0.2, 0) is 12.8 Å². The Morgan fingerprint density at radius 3 is 2.76 bits per heavy atom. The molecule has 1 aromatic carbocycles. The second-order valence-electron chi connectivity index (χ2n) is 6.22. The van der Waals surface area contributed by atoms with Crippen molar-refractivity contribution in [1.82, 2.24) is 0 Å². The van der Waals surface area contributed by atoms with Gasteiger partial charge in [0, 0.05) is 18.4 Å². The zero-order valence-corrected chi connectivity index (χ0v) is 10.6. The van der Waals surface area contributed by atoms with Crippen molar-refractivity contribution in [2.24, 2.45) is 10.8 Å². The first-order valence-electron chi connectivity index (χ1n) is 6.42. The molecule has 1 fully saturated rings. The highest BCUT2D eigenvalue weighted by Crippen LogP contribution is 2.64. The maximum absolute atomic E-state index is 9.62. The zero-order chi connectivity index (χ0) is 12.1. The Morgan fingerprint density at radius 2 is 2.12 bits per heavy atom. The number of hydrogen-bond donors (Lipinski definition) is 1. The summed E-state index contributed by atoms with van der Waals surface area (Å²) in [5.41, 5.74) is 3.07. The predicted molar refractivity (Wildman–Crippen MR) is 67.3 cm³/mol. The maximum atomic E-state index is 9.62. The summed E-state index contributed by atoms with van der Waals surface area (Å²) in [7, 11) is 0. The van der Waals surface area contributed by atoms with E-state index in [9.17, 15) is 5.11 Å². The van der Waals surface area contributed by atoms with Crippen LogP contribution in [0.5, 0.6) is 5.75 Å². The van der Waals surface area contributed by atoms with Crippen molar-refractivity contribution in [3.8, 4) is 5.75 Å².